The van der Waals surface area contributed by atoms with E-state index in [4.69, 9.17) is 5.11 Å². The summed E-state index contributed by atoms with van der Waals surface area (Å²) in [4.78, 5) is 10.8. The zero-order valence-corrected chi connectivity index (χ0v) is 11.3. The van der Waals surface area contributed by atoms with Crippen molar-refractivity contribution in [1.29, 1.82) is 0 Å². The van der Waals surface area contributed by atoms with Crippen molar-refractivity contribution in [2.75, 3.05) is 6.26 Å². The number of carboxylic acid groups (broad SMARTS) is 1. The predicted molar refractivity (Wildman–Crippen MR) is 66.5 cm³/mol. The van der Waals surface area contributed by atoms with Crippen molar-refractivity contribution < 1.29 is 23.4 Å². The van der Waals surface area contributed by atoms with Crippen LogP contribution in [0.5, 0.6) is 5.75 Å². The fraction of sp³-hybridized carbons (Fsp3) is 0.417. The predicted octanol–water partition coefficient (Wildman–Crippen LogP) is 1.55. The lowest BCUT2D eigenvalue weighted by Gasteiger charge is -2.24. The van der Waals surface area contributed by atoms with Crippen molar-refractivity contribution in [1.82, 2.24) is 0 Å². The standard InChI is InChI=1S/C12H16O5S/c1-12(2,7-11(14)15)9-5-4-8(6-10(9)13)18(3,16)17/h4-6,13H,7H2,1-3H3,(H,14,15). The fourth-order valence-corrected chi connectivity index (χ4v) is 2.43. The third-order valence-corrected chi connectivity index (χ3v) is 3.83. The maximum Gasteiger partial charge on any atom is 0.304 e. The first kappa shape index (κ1) is 14.5. The molecule has 5 nitrogen and oxygen atoms in total. The second-order valence-corrected chi connectivity index (χ2v) is 6.92. The largest absolute Gasteiger partial charge is 0.508 e. The maximum atomic E-state index is 11.3. The minimum Gasteiger partial charge on any atom is -0.508 e. The molecule has 0 radical (unpaired) electrons. The van der Waals surface area contributed by atoms with E-state index in [1.807, 2.05) is 0 Å². The Kier molecular flexibility index (Phi) is 3.71. The second kappa shape index (κ2) is 4.61. The van der Waals surface area contributed by atoms with Crippen molar-refractivity contribution in [2.45, 2.75) is 30.6 Å². The summed E-state index contributed by atoms with van der Waals surface area (Å²) in [5, 5.41) is 18.7. The molecule has 1 aromatic carbocycles. The molecule has 1 aromatic rings. The quantitative estimate of drug-likeness (QED) is 0.867. The van der Waals surface area contributed by atoms with Crippen LogP contribution in [0.2, 0.25) is 0 Å². The summed E-state index contributed by atoms with van der Waals surface area (Å²) < 4.78 is 22.6. The molecule has 0 aromatic heterocycles. The van der Waals surface area contributed by atoms with Gasteiger partial charge in [0, 0.05) is 17.2 Å². The normalized spacial score (nSPS) is 12.4. The highest BCUT2D eigenvalue weighted by atomic mass is 32.2. The van der Waals surface area contributed by atoms with Gasteiger partial charge in [-0.1, -0.05) is 19.9 Å². The lowest BCUT2D eigenvalue weighted by atomic mass is 9.81. The van der Waals surface area contributed by atoms with E-state index in [1.165, 1.54) is 12.1 Å². The number of aromatic hydroxyl groups is 1. The van der Waals surface area contributed by atoms with Gasteiger partial charge in [0.15, 0.2) is 9.84 Å². The molecule has 0 heterocycles. The van der Waals surface area contributed by atoms with Gasteiger partial charge in [-0.15, -0.1) is 0 Å². The number of phenolic OH excluding ortho intramolecular Hbond substituents is 1. The van der Waals surface area contributed by atoms with E-state index in [0.29, 0.717) is 5.56 Å². The van der Waals surface area contributed by atoms with Gasteiger partial charge < -0.3 is 10.2 Å². The van der Waals surface area contributed by atoms with Crippen molar-refractivity contribution >= 4 is 15.8 Å². The van der Waals surface area contributed by atoms with E-state index in [0.717, 1.165) is 12.3 Å². The third-order valence-electron chi connectivity index (χ3n) is 2.72. The van der Waals surface area contributed by atoms with E-state index in [9.17, 15) is 18.3 Å². The number of hydrogen-bond donors (Lipinski definition) is 2. The number of carboxylic acids is 1. The molecule has 0 unspecified atom stereocenters. The first-order valence-corrected chi connectivity index (χ1v) is 7.18. The molecule has 100 valence electrons. The van der Waals surface area contributed by atoms with E-state index in [-0.39, 0.29) is 17.1 Å². The van der Waals surface area contributed by atoms with Gasteiger partial charge in [0.05, 0.1) is 11.3 Å². The molecule has 0 aliphatic carbocycles. The average Bonchev–Trinajstić information content (AvgIpc) is 2.13. The van der Waals surface area contributed by atoms with Crippen molar-refractivity contribution in [2.24, 2.45) is 0 Å². The van der Waals surface area contributed by atoms with Crippen LogP contribution in [0, 0.1) is 0 Å². The average molecular weight is 272 g/mol. The molecule has 0 saturated heterocycles. The maximum absolute atomic E-state index is 11.3. The summed E-state index contributed by atoms with van der Waals surface area (Å²) >= 11 is 0. The smallest absolute Gasteiger partial charge is 0.304 e. The highest BCUT2D eigenvalue weighted by Crippen LogP contribution is 2.35. The second-order valence-electron chi connectivity index (χ2n) is 4.91. The lowest BCUT2D eigenvalue weighted by molar-refractivity contribution is -0.138. The highest BCUT2D eigenvalue weighted by Gasteiger charge is 2.27. The Morgan fingerprint density at radius 2 is 1.89 bits per heavy atom. The molecule has 0 fully saturated rings. The number of benzene rings is 1. The number of phenols is 1. The van der Waals surface area contributed by atoms with E-state index in [2.05, 4.69) is 0 Å². The van der Waals surface area contributed by atoms with Gasteiger partial charge in [-0.2, -0.15) is 0 Å². The summed E-state index contributed by atoms with van der Waals surface area (Å²) in [6, 6.07) is 3.97. The molecule has 6 heteroatoms. The summed E-state index contributed by atoms with van der Waals surface area (Å²) in [7, 11) is -3.39. The minimum absolute atomic E-state index is 0.00914. The summed E-state index contributed by atoms with van der Waals surface area (Å²) in [5.41, 5.74) is -0.358. The Bertz CT molecular complexity index is 572. The third kappa shape index (κ3) is 3.22. The molecule has 0 spiro atoms. The van der Waals surface area contributed by atoms with Crippen molar-refractivity contribution in [3.8, 4) is 5.75 Å². The summed E-state index contributed by atoms with van der Waals surface area (Å²) in [5.74, 6) is -1.18. The highest BCUT2D eigenvalue weighted by molar-refractivity contribution is 7.90. The first-order chi connectivity index (χ1) is 8.04. The monoisotopic (exact) mass is 272 g/mol. The number of sulfone groups is 1. The number of carbonyl (C=O) groups is 1. The van der Waals surface area contributed by atoms with Crippen molar-refractivity contribution in [3.63, 3.8) is 0 Å². The molecule has 0 bridgehead atoms. The van der Waals surface area contributed by atoms with E-state index < -0.39 is 21.2 Å². The van der Waals surface area contributed by atoms with Gasteiger partial charge in [-0.3, -0.25) is 4.79 Å². The Morgan fingerprint density at radius 1 is 1.33 bits per heavy atom. The van der Waals surface area contributed by atoms with Crippen LogP contribution in [-0.4, -0.2) is 30.9 Å². The Labute approximate surface area is 106 Å². The molecular formula is C12H16O5S. The zero-order chi connectivity index (χ0) is 14.1. The molecule has 2 N–H and O–H groups in total. The van der Waals surface area contributed by atoms with Crippen LogP contribution in [0.15, 0.2) is 23.1 Å². The zero-order valence-electron chi connectivity index (χ0n) is 10.5. The molecule has 0 aliphatic rings. The molecule has 0 amide bonds. The molecular weight excluding hydrogens is 256 g/mol. The Morgan fingerprint density at radius 3 is 2.28 bits per heavy atom. The van der Waals surface area contributed by atoms with Gasteiger partial charge in [0.1, 0.15) is 5.75 Å². The molecule has 18 heavy (non-hydrogen) atoms. The Balaban J connectivity index is 3.25. The van der Waals surface area contributed by atoms with Gasteiger partial charge in [0.25, 0.3) is 0 Å². The molecule has 0 aliphatic heterocycles. The number of rotatable bonds is 4. The van der Waals surface area contributed by atoms with Gasteiger partial charge in [-0.25, -0.2) is 8.42 Å². The first-order valence-electron chi connectivity index (χ1n) is 5.29. The number of aliphatic carboxylic acids is 1. The number of hydrogen-bond acceptors (Lipinski definition) is 4. The van der Waals surface area contributed by atoms with Gasteiger partial charge >= 0.3 is 5.97 Å². The molecule has 0 atom stereocenters. The molecule has 0 saturated carbocycles. The van der Waals surface area contributed by atoms with Gasteiger partial charge in [-0.05, 0) is 12.1 Å². The van der Waals surface area contributed by atoms with Crippen molar-refractivity contribution in [3.05, 3.63) is 23.8 Å². The van der Waals surface area contributed by atoms with E-state index >= 15 is 0 Å². The van der Waals surface area contributed by atoms with Gasteiger partial charge in [0.2, 0.25) is 0 Å². The Hall–Kier alpha value is -1.56. The van der Waals surface area contributed by atoms with Crippen LogP contribution < -0.4 is 0 Å². The SMILES string of the molecule is CC(C)(CC(=O)O)c1ccc(S(C)(=O)=O)cc1O. The topological polar surface area (TPSA) is 91.7 Å². The van der Waals surface area contributed by atoms with Crippen LogP contribution in [0.3, 0.4) is 0 Å². The summed E-state index contributed by atoms with van der Waals surface area (Å²) in [6.07, 6.45) is 0.891. The van der Waals surface area contributed by atoms with Crippen LogP contribution in [0.4, 0.5) is 0 Å². The molecule has 1 rings (SSSR count). The fourth-order valence-electron chi connectivity index (χ4n) is 1.79. The van der Waals surface area contributed by atoms with Crippen LogP contribution >= 0.6 is 0 Å². The van der Waals surface area contributed by atoms with E-state index in [1.54, 1.807) is 13.8 Å². The summed E-state index contributed by atoms with van der Waals surface area (Å²) in [6.45, 7) is 3.35. The lowest BCUT2D eigenvalue weighted by Crippen LogP contribution is -2.21. The minimum atomic E-state index is -3.39. The van der Waals surface area contributed by atoms with Crippen LogP contribution in [0.25, 0.3) is 0 Å². The van der Waals surface area contributed by atoms with Crippen LogP contribution in [0.1, 0.15) is 25.8 Å². The van der Waals surface area contributed by atoms with Crippen LogP contribution in [-0.2, 0) is 20.0 Å².